The maximum absolute atomic E-state index is 12.2. The number of sulfone groups is 1. The van der Waals surface area contributed by atoms with Crippen LogP contribution in [0, 0.1) is 11.5 Å². The lowest BCUT2D eigenvalue weighted by molar-refractivity contribution is 0.587. The van der Waals surface area contributed by atoms with Crippen molar-refractivity contribution in [1.29, 1.82) is 5.26 Å². The summed E-state index contributed by atoms with van der Waals surface area (Å²) < 4.78 is 25.2. The number of nitriles is 1. The van der Waals surface area contributed by atoms with E-state index in [2.05, 4.69) is 15.3 Å². The average molecular weight is 354 g/mol. The molecule has 1 aromatic heterocycles. The molecule has 9 heteroatoms. The van der Waals surface area contributed by atoms with Crippen molar-refractivity contribution in [3.05, 3.63) is 18.2 Å². The van der Waals surface area contributed by atoms with E-state index in [0.717, 1.165) is 16.0 Å². The summed E-state index contributed by atoms with van der Waals surface area (Å²) in [6.45, 7) is 3.27. The van der Waals surface area contributed by atoms with Crippen molar-refractivity contribution in [2.45, 2.75) is 23.4 Å². The summed E-state index contributed by atoms with van der Waals surface area (Å²) in [7, 11) is -3.38. The Bertz CT molecular complexity index is 863. The molecule has 0 unspecified atom stereocenters. The van der Waals surface area contributed by atoms with E-state index in [-0.39, 0.29) is 4.34 Å². The molecule has 0 saturated carbocycles. The Kier molecular flexibility index (Phi) is 5.05. The second kappa shape index (κ2) is 6.64. The van der Waals surface area contributed by atoms with Gasteiger partial charge in [0.15, 0.2) is 11.4 Å². The normalized spacial score (nSPS) is 12.6. The molecule has 0 atom stereocenters. The Hall–Kier alpha value is -1.63. The summed E-state index contributed by atoms with van der Waals surface area (Å²) in [5.41, 5.74) is 1.26. The standard InChI is InChI=1S/C13H14N4O2S3/c1-8(2)22(18,19)13-17-10-5-4-9(6-11(10)21-13)16-12(20-3)15-7-14/h4-6,8H,1-3H3,(H,15,16). The maximum Gasteiger partial charge on any atom is 0.210 e. The van der Waals surface area contributed by atoms with E-state index in [1.54, 1.807) is 32.0 Å². The van der Waals surface area contributed by atoms with Crippen LogP contribution < -0.4 is 5.32 Å². The van der Waals surface area contributed by atoms with Crippen molar-refractivity contribution < 1.29 is 8.42 Å². The zero-order valence-electron chi connectivity index (χ0n) is 12.2. The average Bonchev–Trinajstić information content (AvgIpc) is 2.90. The van der Waals surface area contributed by atoms with Crippen LogP contribution in [-0.4, -0.2) is 30.1 Å². The first-order valence-corrected chi connectivity index (χ1v) is 9.89. The zero-order valence-corrected chi connectivity index (χ0v) is 14.6. The third-order valence-corrected chi connectivity index (χ3v) is 6.96. The molecule has 116 valence electrons. The molecule has 2 rings (SSSR count). The lowest BCUT2D eigenvalue weighted by Crippen LogP contribution is -2.13. The smallest absolute Gasteiger partial charge is 0.210 e. The molecule has 22 heavy (non-hydrogen) atoms. The van der Waals surface area contributed by atoms with Gasteiger partial charge >= 0.3 is 0 Å². The molecule has 2 aromatic rings. The van der Waals surface area contributed by atoms with E-state index >= 15 is 0 Å². The van der Waals surface area contributed by atoms with E-state index in [0.29, 0.717) is 16.4 Å². The van der Waals surface area contributed by atoms with Gasteiger partial charge in [-0.25, -0.2) is 18.4 Å². The van der Waals surface area contributed by atoms with E-state index in [9.17, 15) is 8.42 Å². The van der Waals surface area contributed by atoms with Crippen molar-refractivity contribution in [2.75, 3.05) is 6.26 Å². The highest BCUT2D eigenvalue weighted by molar-refractivity contribution is 8.13. The van der Waals surface area contributed by atoms with Crippen LogP contribution in [0.1, 0.15) is 13.8 Å². The van der Waals surface area contributed by atoms with E-state index in [1.165, 1.54) is 11.8 Å². The molecule has 0 spiro atoms. The van der Waals surface area contributed by atoms with Crippen molar-refractivity contribution in [2.24, 2.45) is 4.99 Å². The van der Waals surface area contributed by atoms with Gasteiger partial charge in [-0.2, -0.15) is 5.26 Å². The van der Waals surface area contributed by atoms with Gasteiger partial charge in [-0.15, -0.1) is 11.3 Å². The SMILES string of the molecule is CSC(=Nc1ccc2nc(S(=O)(=O)C(C)C)sc2c1)NC#N. The van der Waals surface area contributed by atoms with Crippen LogP contribution in [0.3, 0.4) is 0 Å². The lowest BCUT2D eigenvalue weighted by atomic mass is 10.3. The van der Waals surface area contributed by atoms with Gasteiger partial charge < -0.3 is 0 Å². The second-order valence-electron chi connectivity index (χ2n) is 4.58. The predicted octanol–water partition coefficient (Wildman–Crippen LogP) is 2.90. The molecule has 0 fully saturated rings. The minimum Gasteiger partial charge on any atom is -0.271 e. The number of aliphatic imine (C=N–C) groups is 1. The lowest BCUT2D eigenvalue weighted by Gasteiger charge is -2.01. The largest absolute Gasteiger partial charge is 0.271 e. The fourth-order valence-corrected chi connectivity index (χ4v) is 4.59. The molecule has 0 saturated heterocycles. The minimum atomic E-state index is -3.38. The van der Waals surface area contributed by atoms with Gasteiger partial charge in [-0.1, -0.05) is 11.8 Å². The number of fused-ring (bicyclic) bond motifs is 1. The number of benzene rings is 1. The molecular weight excluding hydrogens is 340 g/mol. The number of hydrogen-bond donors (Lipinski definition) is 1. The highest BCUT2D eigenvalue weighted by Gasteiger charge is 2.23. The van der Waals surface area contributed by atoms with E-state index < -0.39 is 15.1 Å². The van der Waals surface area contributed by atoms with Gasteiger partial charge in [-0.3, -0.25) is 5.32 Å². The monoisotopic (exact) mass is 354 g/mol. The Morgan fingerprint density at radius 2 is 2.23 bits per heavy atom. The summed E-state index contributed by atoms with van der Waals surface area (Å²) in [5, 5.41) is 11.1. The van der Waals surface area contributed by atoms with Gasteiger partial charge in [0, 0.05) is 0 Å². The Labute approximate surface area is 137 Å². The molecule has 6 nitrogen and oxygen atoms in total. The third-order valence-electron chi connectivity index (χ3n) is 2.80. The van der Waals surface area contributed by atoms with Crippen LogP contribution in [-0.2, 0) is 9.84 Å². The number of aromatic nitrogens is 1. The summed E-state index contributed by atoms with van der Waals surface area (Å²) >= 11 is 2.45. The summed E-state index contributed by atoms with van der Waals surface area (Å²) in [6, 6.07) is 5.24. The number of amidine groups is 1. The van der Waals surface area contributed by atoms with Gasteiger partial charge in [-0.05, 0) is 38.3 Å². The fourth-order valence-electron chi connectivity index (χ4n) is 1.57. The Morgan fingerprint density at radius 1 is 1.50 bits per heavy atom. The van der Waals surface area contributed by atoms with Crippen molar-refractivity contribution in [3.8, 4) is 6.19 Å². The van der Waals surface area contributed by atoms with Crippen LogP contribution in [0.5, 0.6) is 0 Å². The number of nitrogens with zero attached hydrogens (tertiary/aromatic N) is 3. The summed E-state index contributed by atoms with van der Waals surface area (Å²) in [6.07, 6.45) is 3.63. The number of thioether (sulfide) groups is 1. The van der Waals surface area contributed by atoms with Crippen LogP contribution in [0.4, 0.5) is 5.69 Å². The fraction of sp³-hybridized carbons (Fsp3) is 0.308. The predicted molar refractivity (Wildman–Crippen MR) is 91.3 cm³/mol. The number of thiazole rings is 1. The van der Waals surface area contributed by atoms with Crippen LogP contribution in [0.2, 0.25) is 0 Å². The summed E-state index contributed by atoms with van der Waals surface area (Å²) in [5.74, 6) is 0. The van der Waals surface area contributed by atoms with E-state index in [1.807, 2.05) is 12.4 Å². The van der Waals surface area contributed by atoms with Gasteiger partial charge in [0.1, 0.15) is 0 Å². The molecule has 0 bridgehead atoms. The quantitative estimate of drug-likeness (QED) is 0.394. The van der Waals surface area contributed by atoms with E-state index in [4.69, 9.17) is 5.26 Å². The van der Waals surface area contributed by atoms with Gasteiger partial charge in [0.05, 0.1) is 21.2 Å². The molecule has 0 aliphatic heterocycles. The van der Waals surface area contributed by atoms with Crippen LogP contribution in [0.25, 0.3) is 10.2 Å². The molecule has 0 aliphatic carbocycles. The molecule has 1 heterocycles. The highest BCUT2D eigenvalue weighted by Crippen LogP contribution is 2.30. The second-order valence-corrected chi connectivity index (χ2v) is 9.09. The molecule has 0 amide bonds. The van der Waals surface area contributed by atoms with Gasteiger partial charge in [0.25, 0.3) is 0 Å². The third kappa shape index (κ3) is 3.40. The number of hydrogen-bond acceptors (Lipinski definition) is 7. The molecule has 1 N–H and O–H groups in total. The van der Waals surface area contributed by atoms with Crippen LogP contribution >= 0.6 is 23.1 Å². The molecule has 0 aliphatic rings. The zero-order chi connectivity index (χ0) is 16.3. The first-order chi connectivity index (χ1) is 10.4. The maximum atomic E-state index is 12.2. The first-order valence-electron chi connectivity index (χ1n) is 6.30. The molecule has 1 aromatic carbocycles. The topological polar surface area (TPSA) is 95.2 Å². The number of nitrogens with one attached hydrogen (secondary N) is 1. The highest BCUT2D eigenvalue weighted by atomic mass is 32.2. The first kappa shape index (κ1) is 16.7. The molecular formula is C13H14N4O2S3. The van der Waals surface area contributed by atoms with Crippen LogP contribution in [0.15, 0.2) is 27.5 Å². The van der Waals surface area contributed by atoms with Crippen molar-refractivity contribution in [1.82, 2.24) is 10.3 Å². The molecule has 0 radical (unpaired) electrons. The number of rotatable bonds is 3. The summed E-state index contributed by atoms with van der Waals surface area (Å²) in [4.78, 5) is 8.49. The van der Waals surface area contributed by atoms with Gasteiger partial charge in [0.2, 0.25) is 14.2 Å². The minimum absolute atomic E-state index is 0.124. The Morgan fingerprint density at radius 3 is 2.82 bits per heavy atom. The van der Waals surface area contributed by atoms with Crippen molar-refractivity contribution in [3.63, 3.8) is 0 Å². The van der Waals surface area contributed by atoms with Crippen molar-refractivity contribution >= 4 is 54.0 Å². The Balaban J connectivity index is 2.47.